The Kier molecular flexibility index (Phi) is 7.94. The van der Waals surface area contributed by atoms with E-state index in [4.69, 9.17) is 16.3 Å². The number of sulfone groups is 1. The number of benzene rings is 2. The van der Waals surface area contributed by atoms with Crippen LogP contribution in [0.2, 0.25) is 5.02 Å². The molecule has 3 aromatic rings. The Morgan fingerprint density at radius 2 is 2.00 bits per heavy atom. The molecule has 0 aliphatic heterocycles. The molecular weight excluding hydrogens is 472 g/mol. The van der Waals surface area contributed by atoms with Crippen LogP contribution in [-0.2, 0) is 26.9 Å². The Morgan fingerprint density at radius 1 is 1.25 bits per heavy atom. The maximum absolute atomic E-state index is 12.7. The average Bonchev–Trinajstić information content (AvgIpc) is 3.14. The number of anilines is 1. The molecule has 0 saturated heterocycles. The number of aromatic nitrogens is 3. The number of carbonyl (C=O) groups is 1. The molecule has 0 unspecified atom stereocenters. The van der Waals surface area contributed by atoms with Crippen LogP contribution in [-0.4, -0.2) is 42.0 Å². The molecule has 0 fully saturated rings. The van der Waals surface area contributed by atoms with Crippen LogP contribution in [0, 0.1) is 0 Å². The van der Waals surface area contributed by atoms with Crippen molar-refractivity contribution < 1.29 is 17.9 Å². The lowest BCUT2D eigenvalue weighted by atomic mass is 10.3. The molecule has 0 spiro atoms. The zero-order valence-corrected chi connectivity index (χ0v) is 19.6. The van der Waals surface area contributed by atoms with E-state index in [2.05, 4.69) is 22.1 Å². The van der Waals surface area contributed by atoms with Gasteiger partial charge in [-0.1, -0.05) is 47.6 Å². The first-order valence-corrected chi connectivity index (χ1v) is 12.4. The largest absolute Gasteiger partial charge is 0.495 e. The van der Waals surface area contributed by atoms with Crippen LogP contribution in [0.4, 0.5) is 5.69 Å². The van der Waals surface area contributed by atoms with Gasteiger partial charge in [0.15, 0.2) is 15.0 Å². The highest BCUT2D eigenvalue weighted by Crippen LogP contribution is 2.27. The molecule has 0 aliphatic rings. The van der Waals surface area contributed by atoms with Gasteiger partial charge in [-0.3, -0.25) is 4.79 Å². The summed E-state index contributed by atoms with van der Waals surface area (Å²) in [5.41, 5.74) is 0.531. The summed E-state index contributed by atoms with van der Waals surface area (Å²) >= 11 is 7.23. The number of methoxy groups -OCH3 is 1. The van der Waals surface area contributed by atoms with Gasteiger partial charge in [-0.15, -0.1) is 16.8 Å². The second kappa shape index (κ2) is 10.7. The third-order valence-corrected chi connectivity index (χ3v) is 7.19. The molecule has 3 rings (SSSR count). The van der Waals surface area contributed by atoms with Crippen molar-refractivity contribution in [3.8, 4) is 5.75 Å². The standard InChI is InChI=1S/C21H21ClN4O4S2/c1-3-11-26-19(14-32(28,29)16-7-5-4-6-8-16)24-25-21(26)31-13-20(27)23-15-9-10-18(30-2)17(22)12-15/h3-10,12H,1,11,13-14H2,2H3,(H,23,27). The van der Waals surface area contributed by atoms with Gasteiger partial charge in [-0.2, -0.15) is 0 Å². The minimum atomic E-state index is -3.59. The number of nitrogens with one attached hydrogen (secondary N) is 1. The zero-order valence-electron chi connectivity index (χ0n) is 17.2. The molecule has 8 nitrogen and oxygen atoms in total. The molecule has 1 aromatic heterocycles. The number of ether oxygens (including phenoxy) is 1. The average molecular weight is 493 g/mol. The van der Waals surface area contributed by atoms with Crippen molar-refractivity contribution in [2.45, 2.75) is 22.3 Å². The highest BCUT2D eigenvalue weighted by atomic mass is 35.5. The van der Waals surface area contributed by atoms with E-state index in [9.17, 15) is 13.2 Å². The first-order chi connectivity index (χ1) is 15.3. The highest BCUT2D eigenvalue weighted by molar-refractivity contribution is 7.99. The summed E-state index contributed by atoms with van der Waals surface area (Å²) in [6.45, 7) is 4.02. The number of amides is 1. The molecule has 32 heavy (non-hydrogen) atoms. The van der Waals surface area contributed by atoms with Crippen LogP contribution in [0.1, 0.15) is 5.82 Å². The Morgan fingerprint density at radius 3 is 2.66 bits per heavy atom. The molecule has 0 aliphatic carbocycles. The van der Waals surface area contributed by atoms with E-state index in [1.165, 1.54) is 19.2 Å². The molecule has 0 radical (unpaired) electrons. The lowest BCUT2D eigenvalue weighted by molar-refractivity contribution is -0.113. The minimum Gasteiger partial charge on any atom is -0.495 e. The van der Waals surface area contributed by atoms with Gasteiger partial charge in [0.2, 0.25) is 5.91 Å². The molecule has 0 atom stereocenters. The minimum absolute atomic E-state index is 0.0460. The van der Waals surface area contributed by atoms with Gasteiger partial charge in [0.25, 0.3) is 0 Å². The Labute approximate surface area is 195 Å². The third-order valence-electron chi connectivity index (χ3n) is 4.29. The second-order valence-corrected chi connectivity index (χ2v) is 9.90. The summed E-state index contributed by atoms with van der Waals surface area (Å²) in [7, 11) is -2.08. The van der Waals surface area contributed by atoms with E-state index in [1.807, 2.05) is 0 Å². The summed E-state index contributed by atoms with van der Waals surface area (Å²) in [4.78, 5) is 12.6. The van der Waals surface area contributed by atoms with E-state index < -0.39 is 9.84 Å². The number of allylic oxidation sites excluding steroid dienone is 1. The topological polar surface area (TPSA) is 103 Å². The number of rotatable bonds is 10. The van der Waals surface area contributed by atoms with Crippen LogP contribution >= 0.6 is 23.4 Å². The zero-order chi connectivity index (χ0) is 23.1. The molecule has 11 heteroatoms. The molecule has 1 amide bonds. The van der Waals surface area contributed by atoms with Gasteiger partial charge in [-0.05, 0) is 30.3 Å². The van der Waals surface area contributed by atoms with Crippen LogP contribution < -0.4 is 10.1 Å². The number of halogens is 1. The molecule has 1 heterocycles. The maximum Gasteiger partial charge on any atom is 0.234 e. The first-order valence-electron chi connectivity index (χ1n) is 9.41. The predicted molar refractivity (Wildman–Crippen MR) is 125 cm³/mol. The fourth-order valence-corrected chi connectivity index (χ4v) is 5.11. The summed E-state index contributed by atoms with van der Waals surface area (Å²) < 4.78 is 32.2. The first kappa shape index (κ1) is 23.8. The molecule has 168 valence electrons. The summed E-state index contributed by atoms with van der Waals surface area (Å²) in [5.74, 6) is 0.246. The maximum atomic E-state index is 12.7. The lowest BCUT2D eigenvalue weighted by Gasteiger charge is -2.09. The Balaban J connectivity index is 1.69. The van der Waals surface area contributed by atoms with Gasteiger partial charge in [0.1, 0.15) is 17.3 Å². The van der Waals surface area contributed by atoms with Crippen molar-refractivity contribution >= 4 is 44.8 Å². The van der Waals surface area contributed by atoms with E-state index in [-0.39, 0.29) is 28.1 Å². The molecule has 0 bridgehead atoms. The molecular formula is C21H21ClN4O4S2. The smallest absolute Gasteiger partial charge is 0.234 e. The predicted octanol–water partition coefficient (Wildman–Crippen LogP) is 3.83. The third kappa shape index (κ3) is 5.90. The number of hydrogen-bond donors (Lipinski definition) is 1. The van der Waals surface area contributed by atoms with Crippen LogP contribution in [0.3, 0.4) is 0 Å². The normalized spacial score (nSPS) is 11.2. The van der Waals surface area contributed by atoms with Crippen molar-refractivity contribution in [3.05, 3.63) is 72.0 Å². The van der Waals surface area contributed by atoms with Gasteiger partial charge in [-0.25, -0.2) is 8.42 Å². The van der Waals surface area contributed by atoms with Crippen LogP contribution in [0.25, 0.3) is 0 Å². The van der Waals surface area contributed by atoms with E-state index in [1.54, 1.807) is 47.0 Å². The monoisotopic (exact) mass is 492 g/mol. The number of nitrogens with zero attached hydrogens (tertiary/aromatic N) is 3. The molecule has 2 aromatic carbocycles. The highest BCUT2D eigenvalue weighted by Gasteiger charge is 2.21. The fraction of sp³-hybridized carbons (Fsp3) is 0.190. The second-order valence-electron chi connectivity index (χ2n) is 6.56. The Bertz CT molecular complexity index is 1210. The van der Waals surface area contributed by atoms with Gasteiger partial charge < -0.3 is 14.6 Å². The number of thioether (sulfide) groups is 1. The SMILES string of the molecule is C=CCn1c(CS(=O)(=O)c2ccccc2)nnc1SCC(=O)Nc1ccc(OC)c(Cl)c1. The Hall–Kier alpha value is -2.82. The lowest BCUT2D eigenvalue weighted by Crippen LogP contribution is -2.15. The van der Waals surface area contributed by atoms with Crippen molar-refractivity contribution in [1.82, 2.24) is 14.8 Å². The quantitative estimate of drug-likeness (QED) is 0.339. The van der Waals surface area contributed by atoms with Gasteiger partial charge >= 0.3 is 0 Å². The van der Waals surface area contributed by atoms with Crippen molar-refractivity contribution in [2.24, 2.45) is 0 Å². The number of hydrogen-bond acceptors (Lipinski definition) is 7. The van der Waals surface area contributed by atoms with Crippen LogP contribution in [0.15, 0.2) is 71.2 Å². The van der Waals surface area contributed by atoms with Crippen molar-refractivity contribution in [1.29, 1.82) is 0 Å². The van der Waals surface area contributed by atoms with Crippen molar-refractivity contribution in [3.63, 3.8) is 0 Å². The van der Waals surface area contributed by atoms with Gasteiger partial charge in [0.05, 0.1) is 22.8 Å². The van der Waals surface area contributed by atoms with E-state index >= 15 is 0 Å². The molecule has 1 N–H and O–H groups in total. The van der Waals surface area contributed by atoms with E-state index in [0.717, 1.165) is 11.8 Å². The summed E-state index contributed by atoms with van der Waals surface area (Å²) in [6, 6.07) is 13.1. The van der Waals surface area contributed by atoms with Crippen LogP contribution in [0.5, 0.6) is 5.75 Å². The van der Waals surface area contributed by atoms with Gasteiger partial charge in [0, 0.05) is 12.2 Å². The summed E-state index contributed by atoms with van der Waals surface area (Å²) in [5, 5.41) is 11.7. The van der Waals surface area contributed by atoms with Crippen molar-refractivity contribution in [2.75, 3.05) is 18.2 Å². The fourth-order valence-electron chi connectivity index (χ4n) is 2.80. The molecule has 0 saturated carbocycles. The number of carbonyl (C=O) groups excluding carboxylic acids is 1. The summed E-state index contributed by atoms with van der Waals surface area (Å²) in [6.07, 6.45) is 1.62. The van der Waals surface area contributed by atoms with E-state index in [0.29, 0.717) is 28.2 Å².